The van der Waals surface area contributed by atoms with Gasteiger partial charge in [-0.3, -0.25) is 53.7 Å². The fraction of sp³-hybridized carbons (Fsp3) is 0.160. The standard InChI is InChI=1S/C26H22N6O.C24H20N6O.C22H18N4O2.C18H14N4O.C16H12Cl2N4O/c1-17(2)23-24(30-25-21(12-27)13-29-32(25)26(23)33)22-14-28-31(16-22)15-18-8-10-20(11-9-18)19-6-4-3-5-7-19;1-15(2)21-22(28-23-18(10-25)11-27-30(23)24(21)31)19-12-26-29(14-19)13-17-8-5-7-16-6-3-4-9-20(16)17;1-14(2)19-20(25-21-18(23-3)13-24-26(21)22(19)27)15-8-7-11-17(12-15)28-16-9-5-4-6-10-16;1-12(2)16-15(9-8-13-6-4-3-5-7-13)21-17-14(10-19)11-20-22(17)18(16)23;1-8(2)13-14(9-3-4-11(17)12(18)5-9)21-15-10(6-19)7-20-22(15)16(13)23/h3-11,13-14,16-17,29H,15H2,1-2H3;3-9,11-12,14-15,27H,13H2,1-2H3;4-14,24H,1-2H3;3-7,11-12,20H,1-2H3;3-5,7-8,20H,1-2H3. The number of benzene rings is 8. The van der Waals surface area contributed by atoms with Crippen LogP contribution in [0.15, 0.2) is 280 Å². The number of ether oxygens (including phenoxy) is 1. The van der Waals surface area contributed by atoms with Gasteiger partial charge in [0.1, 0.15) is 63.7 Å². The Morgan fingerprint density at radius 2 is 0.761 bits per heavy atom. The van der Waals surface area contributed by atoms with Crippen molar-refractivity contribution in [1.29, 1.82) is 21.0 Å². The second-order valence-electron chi connectivity index (χ2n) is 33.7. The molecule has 0 atom stereocenters. The van der Waals surface area contributed by atoms with Crippen LogP contribution in [0.3, 0.4) is 0 Å². The molecule has 138 heavy (non-hydrogen) atoms. The number of nitrogens with zero attached hydrogens (tertiary/aromatic N) is 19. The van der Waals surface area contributed by atoms with Gasteiger partial charge in [-0.1, -0.05) is 250 Å². The van der Waals surface area contributed by atoms with Crippen molar-refractivity contribution in [1.82, 2.24) is 92.6 Å². The third kappa shape index (κ3) is 19.2. The van der Waals surface area contributed by atoms with E-state index >= 15 is 0 Å². The molecule has 30 nitrogen and oxygen atoms in total. The van der Waals surface area contributed by atoms with E-state index in [1.54, 1.807) is 30.6 Å². The van der Waals surface area contributed by atoms with Crippen molar-refractivity contribution in [2.45, 2.75) is 112 Å². The van der Waals surface area contributed by atoms with Gasteiger partial charge >= 0.3 is 0 Å². The number of halogens is 2. The Bertz CT molecular complexity index is 8670. The molecule has 0 aliphatic heterocycles. The molecular weight excluding hydrogens is 1780 g/mol. The average Bonchev–Trinajstić information content (AvgIpc) is 1.62. The van der Waals surface area contributed by atoms with Crippen LogP contribution in [-0.2, 0) is 13.1 Å². The second-order valence-corrected chi connectivity index (χ2v) is 34.5. The third-order valence-corrected chi connectivity index (χ3v) is 23.5. The molecule has 0 bridgehead atoms. The summed E-state index contributed by atoms with van der Waals surface area (Å²) < 4.78 is 16.2. The molecule has 0 saturated carbocycles. The van der Waals surface area contributed by atoms with E-state index in [0.717, 1.165) is 39.1 Å². The number of aromatic nitrogens is 19. The lowest BCUT2D eigenvalue weighted by molar-refractivity contribution is 0.483. The van der Waals surface area contributed by atoms with Gasteiger partial charge in [-0.2, -0.15) is 35.8 Å². The summed E-state index contributed by atoms with van der Waals surface area (Å²) in [5, 5.41) is 63.3. The highest BCUT2D eigenvalue weighted by atomic mass is 35.5. The zero-order valence-corrected chi connectivity index (χ0v) is 77.8. The van der Waals surface area contributed by atoms with Crippen LogP contribution in [0.1, 0.15) is 171 Å². The molecule has 0 aliphatic carbocycles. The molecule has 32 heteroatoms. The van der Waals surface area contributed by atoms with Crippen molar-refractivity contribution in [2.75, 3.05) is 0 Å². The number of rotatable bonds is 16. The molecular formula is C106H86Cl2N24O6. The summed E-state index contributed by atoms with van der Waals surface area (Å²) in [5.41, 5.74) is 16.1. The van der Waals surface area contributed by atoms with Crippen LogP contribution in [0, 0.1) is 63.7 Å². The van der Waals surface area contributed by atoms with Crippen LogP contribution in [0.5, 0.6) is 11.5 Å². The van der Waals surface area contributed by atoms with E-state index in [0.29, 0.717) is 147 Å². The maximum atomic E-state index is 13.1. The minimum atomic E-state index is -0.229. The van der Waals surface area contributed by atoms with E-state index in [-0.39, 0.29) is 57.4 Å². The zero-order valence-electron chi connectivity index (χ0n) is 76.3. The van der Waals surface area contributed by atoms with Crippen molar-refractivity contribution in [3.63, 3.8) is 0 Å². The van der Waals surface area contributed by atoms with E-state index in [9.17, 15) is 39.8 Å². The average molecular weight is 1860 g/mol. The summed E-state index contributed by atoms with van der Waals surface area (Å²) in [5.74, 6) is 7.20. The summed E-state index contributed by atoms with van der Waals surface area (Å²) in [6, 6.07) is 73.0. The number of H-pyrrole nitrogens is 5. The van der Waals surface area contributed by atoms with Gasteiger partial charge in [-0.25, -0.2) is 47.8 Å². The van der Waals surface area contributed by atoms with Crippen molar-refractivity contribution in [3.8, 4) is 104 Å². The van der Waals surface area contributed by atoms with E-state index in [1.807, 2.05) is 224 Å². The highest BCUT2D eigenvalue weighted by molar-refractivity contribution is 6.42. The SMILES string of the molecule is CC(C)c1c(-c2ccc(Cl)c(Cl)c2)nc2c(C#N)c[nH]n2c1=O.CC(C)c1c(-c2cnn(Cc3ccc(-c4ccccc4)cc3)c2)nc2c(C#N)c[nH]n2c1=O.CC(C)c1c(-c2cnn(Cc3cccc4ccccc34)c2)nc2c(C#N)c[nH]n2c1=O.CC(C)c1c(C#Cc2ccccc2)nc2c(C#N)c[nH]n2c1=O.[C-]#[N+]c1c[nH]n2c(=O)c(C(C)C)c(-c3cccc(Oc4ccccc4)c3)nc12. The smallest absolute Gasteiger partial charge is 0.277 e. The largest absolute Gasteiger partial charge is 0.457 e. The predicted octanol–water partition coefficient (Wildman–Crippen LogP) is 20.2. The number of nitrogens with one attached hydrogen (secondary N) is 5. The van der Waals surface area contributed by atoms with Gasteiger partial charge in [-0.15, -0.1) is 0 Å². The van der Waals surface area contributed by atoms with E-state index < -0.39 is 0 Å². The lowest BCUT2D eigenvalue weighted by atomic mass is 9.98. The third-order valence-electron chi connectivity index (χ3n) is 22.8. The van der Waals surface area contributed by atoms with Crippen molar-refractivity contribution in [3.05, 3.63) is 402 Å². The Balaban J connectivity index is 0.000000126. The summed E-state index contributed by atoms with van der Waals surface area (Å²) in [4.78, 5) is 91.1. The number of fused-ring (bicyclic) bond motifs is 6. The van der Waals surface area contributed by atoms with Gasteiger partial charge < -0.3 is 9.84 Å². The first-order valence-corrected chi connectivity index (χ1v) is 44.7. The molecule has 0 spiro atoms. The van der Waals surface area contributed by atoms with Gasteiger partial charge in [0.05, 0.1) is 70.4 Å². The number of hydrogen-bond acceptors (Lipinski definition) is 17. The maximum absolute atomic E-state index is 13.1. The molecule has 5 N–H and O–H groups in total. The van der Waals surface area contributed by atoms with E-state index in [2.05, 4.69) is 150 Å². The van der Waals surface area contributed by atoms with Crippen molar-refractivity contribution in [2.24, 2.45) is 0 Å². The van der Waals surface area contributed by atoms with Gasteiger partial charge in [0.25, 0.3) is 27.8 Å². The molecule has 0 unspecified atom stereocenters. The van der Waals surface area contributed by atoms with E-state index in [4.69, 9.17) is 39.8 Å². The highest BCUT2D eigenvalue weighted by Gasteiger charge is 2.27. The lowest BCUT2D eigenvalue weighted by Gasteiger charge is -2.13. The quantitative estimate of drug-likeness (QED) is 0.0443. The Labute approximate surface area is 798 Å². The summed E-state index contributed by atoms with van der Waals surface area (Å²) >= 11 is 12.1. The fourth-order valence-corrected chi connectivity index (χ4v) is 16.4. The van der Waals surface area contributed by atoms with Crippen LogP contribution >= 0.6 is 23.2 Å². The van der Waals surface area contributed by atoms with Gasteiger partial charge in [0.2, 0.25) is 5.69 Å². The summed E-state index contributed by atoms with van der Waals surface area (Å²) in [6.07, 6.45) is 14.7. The highest BCUT2D eigenvalue weighted by Crippen LogP contribution is 2.36. The number of nitriles is 4. The molecule has 12 heterocycles. The first kappa shape index (κ1) is 93.2. The monoisotopic (exact) mass is 1860 g/mol. The Hall–Kier alpha value is -18.1. The van der Waals surface area contributed by atoms with Gasteiger partial charge in [0, 0.05) is 93.4 Å². The van der Waals surface area contributed by atoms with Crippen LogP contribution in [0.4, 0.5) is 5.69 Å². The van der Waals surface area contributed by atoms with Crippen LogP contribution in [0.25, 0.3) is 100 Å². The minimum Gasteiger partial charge on any atom is -0.457 e. The molecule has 0 aliphatic rings. The topological polar surface area (TPSA) is 395 Å². The summed E-state index contributed by atoms with van der Waals surface area (Å²) in [6.45, 7) is 28.0. The van der Waals surface area contributed by atoms with Crippen LogP contribution in [0.2, 0.25) is 10.0 Å². The molecule has 680 valence electrons. The molecule has 0 radical (unpaired) electrons. The number of aromatic amines is 5. The predicted molar refractivity (Wildman–Crippen MR) is 531 cm³/mol. The van der Waals surface area contributed by atoms with Crippen molar-refractivity contribution >= 4 is 67.9 Å². The Kier molecular flexibility index (Phi) is 27.4. The first-order chi connectivity index (χ1) is 66.7. The van der Waals surface area contributed by atoms with Gasteiger partial charge in [0.15, 0.2) is 28.2 Å². The molecule has 20 aromatic rings. The number of para-hydroxylation sites is 1. The minimum absolute atomic E-state index is 0.0270. The van der Waals surface area contributed by atoms with E-state index in [1.165, 1.54) is 75.5 Å². The first-order valence-electron chi connectivity index (χ1n) is 44.0. The molecule has 0 fully saturated rings. The second kappa shape index (κ2) is 40.6. The lowest BCUT2D eigenvalue weighted by Crippen LogP contribution is -2.23. The molecule has 0 amide bonds. The Morgan fingerprint density at radius 1 is 0.377 bits per heavy atom. The van der Waals surface area contributed by atoms with Crippen molar-refractivity contribution < 1.29 is 4.74 Å². The van der Waals surface area contributed by atoms with Crippen LogP contribution in [-0.4, -0.2) is 92.6 Å². The fourth-order valence-electron chi connectivity index (χ4n) is 16.1. The normalized spacial score (nSPS) is 11.0. The molecule has 0 saturated heterocycles. The maximum Gasteiger partial charge on any atom is 0.277 e. The molecule has 20 rings (SSSR count). The molecule has 12 aromatic heterocycles. The molecule has 8 aromatic carbocycles. The number of hydrogen-bond donors (Lipinski definition) is 5. The van der Waals surface area contributed by atoms with Gasteiger partial charge in [-0.05, 0) is 117 Å². The zero-order chi connectivity index (χ0) is 97.3. The Morgan fingerprint density at radius 3 is 1.25 bits per heavy atom. The van der Waals surface area contributed by atoms with Crippen LogP contribution < -0.4 is 32.5 Å². The summed E-state index contributed by atoms with van der Waals surface area (Å²) in [7, 11) is 0.